The molecule has 10 nitrogen and oxygen atoms in total. The number of carbonyl (C=O) groups excluding carboxylic acids is 1. The number of aliphatic hydroxyl groups is 1. The number of benzene rings is 1. The fourth-order valence-corrected chi connectivity index (χ4v) is 3.87. The molecule has 0 radical (unpaired) electrons. The van der Waals surface area contributed by atoms with Gasteiger partial charge < -0.3 is 35.3 Å². The van der Waals surface area contributed by atoms with E-state index in [1.54, 1.807) is 12.1 Å². The standard InChI is InChI=1S/C18H24BN3O7/c20-13(17(24)22-5-11(23)6-22)9-21-7-12(8-21)28-14-2-1-10-3-4-19(27)29-16(10)15(14)18(25)26/h1-2,11-13,23,27H,3-9,20H2,(H,25,26). The molecule has 1 aromatic rings. The SMILES string of the molecule is NC(CN1CC(Oc2ccc3c(c2C(=O)O)OB(O)CC3)C1)C(=O)N1CC(O)C1. The lowest BCUT2D eigenvalue weighted by atomic mass is 9.78. The van der Waals surface area contributed by atoms with Gasteiger partial charge in [-0.25, -0.2) is 4.79 Å². The number of aliphatic hydroxyl groups excluding tert-OH is 1. The molecule has 0 bridgehead atoms. The van der Waals surface area contributed by atoms with Crippen molar-refractivity contribution in [3.63, 3.8) is 0 Å². The Morgan fingerprint density at radius 3 is 2.69 bits per heavy atom. The van der Waals surface area contributed by atoms with Crippen molar-refractivity contribution in [2.24, 2.45) is 5.73 Å². The Kier molecular flexibility index (Phi) is 5.39. The van der Waals surface area contributed by atoms with Crippen LogP contribution in [0.15, 0.2) is 12.1 Å². The minimum atomic E-state index is -1.17. The molecule has 2 saturated heterocycles. The fraction of sp³-hybridized carbons (Fsp3) is 0.556. The van der Waals surface area contributed by atoms with E-state index in [0.29, 0.717) is 45.5 Å². The van der Waals surface area contributed by atoms with Crippen molar-refractivity contribution in [2.75, 3.05) is 32.7 Å². The summed E-state index contributed by atoms with van der Waals surface area (Å²) in [6, 6.07) is 2.71. The first-order valence-corrected chi connectivity index (χ1v) is 9.67. The number of aryl methyl sites for hydroxylation is 1. The van der Waals surface area contributed by atoms with Gasteiger partial charge >= 0.3 is 13.1 Å². The highest BCUT2D eigenvalue weighted by molar-refractivity contribution is 6.44. The molecule has 11 heteroatoms. The van der Waals surface area contributed by atoms with E-state index in [1.807, 2.05) is 4.90 Å². The number of β-amino-alcohol motifs (C(OH)–C–C–N with tert-alkyl or cyclic N) is 1. The Morgan fingerprint density at radius 2 is 2.03 bits per heavy atom. The highest BCUT2D eigenvalue weighted by Crippen LogP contribution is 2.37. The maximum absolute atomic E-state index is 12.1. The molecule has 4 rings (SSSR count). The van der Waals surface area contributed by atoms with Gasteiger partial charge in [-0.05, 0) is 24.4 Å². The maximum atomic E-state index is 12.1. The molecule has 3 aliphatic rings. The van der Waals surface area contributed by atoms with Crippen LogP contribution in [-0.4, -0.2) is 95.0 Å². The lowest BCUT2D eigenvalue weighted by molar-refractivity contribution is -0.143. The minimum absolute atomic E-state index is 0.0806. The number of amides is 1. The van der Waals surface area contributed by atoms with Crippen molar-refractivity contribution in [2.45, 2.75) is 31.0 Å². The highest BCUT2D eigenvalue weighted by atomic mass is 16.5. The molecule has 3 aliphatic heterocycles. The smallest absolute Gasteiger partial charge is 0.522 e. The number of carboxylic acids is 1. The number of hydrogen-bond acceptors (Lipinski definition) is 8. The van der Waals surface area contributed by atoms with Crippen molar-refractivity contribution in [3.05, 3.63) is 23.3 Å². The molecular weight excluding hydrogens is 381 g/mol. The summed E-state index contributed by atoms with van der Waals surface area (Å²) in [5.74, 6) is -0.996. The average Bonchev–Trinajstić information content (AvgIpc) is 2.62. The third-order valence-electron chi connectivity index (χ3n) is 5.49. The fourth-order valence-electron chi connectivity index (χ4n) is 3.87. The molecular formula is C18H24BN3O7. The molecule has 0 spiro atoms. The topological polar surface area (TPSA) is 146 Å². The molecule has 0 saturated carbocycles. The van der Waals surface area contributed by atoms with E-state index in [2.05, 4.69) is 0 Å². The number of nitrogens with two attached hydrogens (primary N) is 1. The van der Waals surface area contributed by atoms with Gasteiger partial charge in [0.15, 0.2) is 0 Å². The summed E-state index contributed by atoms with van der Waals surface area (Å²) >= 11 is 0. The number of fused-ring (bicyclic) bond motifs is 1. The first kappa shape index (κ1) is 20.0. The number of carboxylic acid groups (broad SMARTS) is 1. The van der Waals surface area contributed by atoms with Crippen LogP contribution in [0, 0.1) is 0 Å². The zero-order valence-electron chi connectivity index (χ0n) is 15.9. The zero-order valence-corrected chi connectivity index (χ0v) is 15.9. The van der Waals surface area contributed by atoms with Crippen LogP contribution in [0.1, 0.15) is 15.9 Å². The number of rotatable bonds is 6. The van der Waals surface area contributed by atoms with Crippen LogP contribution in [0.2, 0.25) is 6.32 Å². The van der Waals surface area contributed by atoms with Gasteiger partial charge in [0.1, 0.15) is 23.2 Å². The maximum Gasteiger partial charge on any atom is 0.522 e. The molecule has 29 heavy (non-hydrogen) atoms. The molecule has 156 valence electrons. The molecule has 1 amide bonds. The van der Waals surface area contributed by atoms with E-state index in [1.165, 1.54) is 4.90 Å². The van der Waals surface area contributed by atoms with E-state index >= 15 is 0 Å². The van der Waals surface area contributed by atoms with Gasteiger partial charge in [0.05, 0.1) is 12.1 Å². The monoisotopic (exact) mass is 405 g/mol. The minimum Gasteiger partial charge on any atom is -0.535 e. The summed E-state index contributed by atoms with van der Waals surface area (Å²) in [6.45, 7) is 2.06. The van der Waals surface area contributed by atoms with Crippen molar-refractivity contribution in [3.8, 4) is 11.5 Å². The first-order chi connectivity index (χ1) is 13.8. The quantitative estimate of drug-likeness (QED) is 0.411. The molecule has 1 atom stereocenters. The second-order valence-electron chi connectivity index (χ2n) is 7.81. The third kappa shape index (κ3) is 4.04. The molecule has 1 unspecified atom stereocenters. The summed E-state index contributed by atoms with van der Waals surface area (Å²) in [5, 5.41) is 28.6. The Bertz CT molecular complexity index is 811. The van der Waals surface area contributed by atoms with Crippen LogP contribution in [0.25, 0.3) is 0 Å². The summed E-state index contributed by atoms with van der Waals surface area (Å²) in [7, 11) is -1.03. The van der Waals surface area contributed by atoms with Gasteiger partial charge in [0, 0.05) is 32.7 Å². The van der Waals surface area contributed by atoms with Crippen LogP contribution in [0.4, 0.5) is 0 Å². The Morgan fingerprint density at radius 1 is 1.31 bits per heavy atom. The van der Waals surface area contributed by atoms with Gasteiger partial charge in [-0.2, -0.15) is 0 Å². The zero-order chi connectivity index (χ0) is 20.7. The summed E-state index contributed by atoms with van der Waals surface area (Å²) < 4.78 is 11.2. The predicted molar refractivity (Wildman–Crippen MR) is 102 cm³/mol. The molecule has 0 aliphatic carbocycles. The van der Waals surface area contributed by atoms with E-state index < -0.39 is 25.2 Å². The Hall–Kier alpha value is -2.34. The number of hydrogen-bond donors (Lipinski definition) is 4. The van der Waals surface area contributed by atoms with Gasteiger partial charge in [0.25, 0.3) is 0 Å². The molecule has 1 aromatic carbocycles. The number of ether oxygens (including phenoxy) is 1. The highest BCUT2D eigenvalue weighted by Gasteiger charge is 2.37. The molecule has 3 heterocycles. The molecule has 2 fully saturated rings. The van der Waals surface area contributed by atoms with Crippen LogP contribution in [0.5, 0.6) is 11.5 Å². The van der Waals surface area contributed by atoms with E-state index in [0.717, 1.165) is 5.56 Å². The summed E-state index contributed by atoms with van der Waals surface area (Å²) in [5.41, 5.74) is 6.61. The Labute approximate surface area is 167 Å². The largest absolute Gasteiger partial charge is 0.535 e. The number of likely N-dealkylation sites (tertiary alicyclic amines) is 2. The predicted octanol–water partition coefficient (Wildman–Crippen LogP) is -1.61. The Balaban J connectivity index is 1.34. The van der Waals surface area contributed by atoms with Crippen LogP contribution < -0.4 is 15.1 Å². The number of aromatic carboxylic acids is 1. The normalized spacial score (nSPS) is 20.9. The van der Waals surface area contributed by atoms with Gasteiger partial charge in [-0.1, -0.05) is 6.07 Å². The van der Waals surface area contributed by atoms with Crippen molar-refractivity contribution in [1.29, 1.82) is 0 Å². The van der Waals surface area contributed by atoms with E-state index in [9.17, 15) is 24.8 Å². The van der Waals surface area contributed by atoms with Crippen molar-refractivity contribution in [1.82, 2.24) is 9.80 Å². The molecule has 0 aromatic heterocycles. The number of carbonyl (C=O) groups is 2. The average molecular weight is 405 g/mol. The lowest BCUT2D eigenvalue weighted by Gasteiger charge is -2.42. The second-order valence-corrected chi connectivity index (χ2v) is 7.81. The third-order valence-corrected chi connectivity index (χ3v) is 5.49. The summed E-state index contributed by atoms with van der Waals surface area (Å²) in [6.07, 6.45) is 0.263. The van der Waals surface area contributed by atoms with Crippen LogP contribution in [0.3, 0.4) is 0 Å². The van der Waals surface area contributed by atoms with Crippen molar-refractivity contribution < 1.29 is 34.2 Å². The number of nitrogens with zero attached hydrogens (tertiary/aromatic N) is 2. The van der Waals surface area contributed by atoms with Gasteiger partial charge in [-0.15, -0.1) is 0 Å². The lowest BCUT2D eigenvalue weighted by Crippen LogP contribution is -2.62. The molecule has 5 N–H and O–H groups in total. The van der Waals surface area contributed by atoms with Crippen LogP contribution >= 0.6 is 0 Å². The van der Waals surface area contributed by atoms with Gasteiger partial charge in [-0.3, -0.25) is 9.69 Å². The van der Waals surface area contributed by atoms with E-state index in [4.69, 9.17) is 15.1 Å². The van der Waals surface area contributed by atoms with E-state index in [-0.39, 0.29) is 29.1 Å². The van der Waals surface area contributed by atoms with Crippen LogP contribution in [-0.2, 0) is 11.2 Å². The summed E-state index contributed by atoms with van der Waals surface area (Å²) in [4.78, 5) is 27.4. The van der Waals surface area contributed by atoms with Gasteiger partial charge in [0.2, 0.25) is 5.91 Å². The van der Waals surface area contributed by atoms with Crippen molar-refractivity contribution >= 4 is 19.0 Å². The second kappa shape index (κ2) is 7.83. The first-order valence-electron chi connectivity index (χ1n) is 9.67.